The fraction of sp³-hybridized carbons (Fsp3) is 0.182. The summed E-state index contributed by atoms with van der Waals surface area (Å²) >= 11 is 3.22. The molecular weight excluding hydrogens is 416 g/mol. The number of carbonyl (C=O) groups excluding carboxylic acids is 1. The molecule has 0 saturated carbocycles. The van der Waals surface area contributed by atoms with E-state index in [0.29, 0.717) is 23.1 Å². The molecule has 0 N–H and O–H groups in total. The van der Waals surface area contributed by atoms with Crippen molar-refractivity contribution in [1.29, 1.82) is 0 Å². The minimum atomic E-state index is -0.220. The minimum absolute atomic E-state index is 0.0917. The molecule has 1 unspecified atom stereocenters. The van der Waals surface area contributed by atoms with Crippen molar-refractivity contribution < 1.29 is 4.79 Å². The van der Waals surface area contributed by atoms with Crippen LogP contribution in [0.1, 0.15) is 28.0 Å². The predicted octanol–water partition coefficient (Wildman–Crippen LogP) is 4.21. The third-order valence-electron chi connectivity index (χ3n) is 5.19. The van der Waals surface area contributed by atoms with E-state index < -0.39 is 0 Å². The van der Waals surface area contributed by atoms with Gasteiger partial charge in [0, 0.05) is 11.3 Å². The molecule has 0 fully saturated rings. The number of rotatable bonds is 4. The second-order valence-corrected chi connectivity index (χ2v) is 8.99. The van der Waals surface area contributed by atoms with E-state index in [4.69, 9.17) is 0 Å². The zero-order chi connectivity index (χ0) is 20.7. The molecule has 0 aliphatic carbocycles. The van der Waals surface area contributed by atoms with Crippen molar-refractivity contribution >= 4 is 45.2 Å². The maximum Gasteiger partial charge on any atom is 0.263 e. The first-order valence-electron chi connectivity index (χ1n) is 9.55. The number of para-hydroxylation sites is 1. The van der Waals surface area contributed by atoms with Gasteiger partial charge in [0.25, 0.3) is 11.5 Å². The number of nitrogens with zero attached hydrogens (tertiary/aromatic N) is 4. The molecule has 1 aliphatic heterocycles. The number of hydrogen-bond donors (Lipinski definition) is 0. The molecule has 4 aromatic rings. The lowest BCUT2D eigenvalue weighted by molar-refractivity contribution is -0.133. The van der Waals surface area contributed by atoms with Gasteiger partial charge < -0.3 is 0 Å². The van der Waals surface area contributed by atoms with Crippen molar-refractivity contribution in [2.24, 2.45) is 5.10 Å². The van der Waals surface area contributed by atoms with E-state index >= 15 is 0 Å². The number of hydrazone groups is 1. The summed E-state index contributed by atoms with van der Waals surface area (Å²) in [6, 6.07) is 15.0. The van der Waals surface area contributed by atoms with Gasteiger partial charge in [-0.2, -0.15) is 5.10 Å². The van der Waals surface area contributed by atoms with E-state index in [1.807, 2.05) is 41.1 Å². The third kappa shape index (κ3) is 3.28. The Kier molecular flexibility index (Phi) is 4.80. The SMILES string of the molecule is Cc1nc2ccccc2c(=O)n1CC(=O)N1N=C(c2cccs2)CC1c1cccs1. The Balaban J connectivity index is 1.51. The smallest absolute Gasteiger partial charge is 0.263 e. The summed E-state index contributed by atoms with van der Waals surface area (Å²) in [7, 11) is 0. The molecule has 1 aliphatic rings. The molecule has 0 radical (unpaired) electrons. The molecule has 150 valence electrons. The lowest BCUT2D eigenvalue weighted by Gasteiger charge is -2.21. The van der Waals surface area contributed by atoms with Crippen LogP contribution in [0, 0.1) is 6.92 Å². The summed E-state index contributed by atoms with van der Waals surface area (Å²) in [6.07, 6.45) is 0.663. The van der Waals surface area contributed by atoms with E-state index in [2.05, 4.69) is 10.1 Å². The zero-order valence-electron chi connectivity index (χ0n) is 16.2. The number of amides is 1. The molecule has 1 aromatic carbocycles. The maximum atomic E-state index is 13.3. The normalized spacial score (nSPS) is 16.2. The summed E-state index contributed by atoms with van der Waals surface area (Å²) in [6.45, 7) is 1.66. The molecule has 1 atom stereocenters. The number of aryl methyl sites for hydroxylation is 1. The maximum absolute atomic E-state index is 13.3. The van der Waals surface area contributed by atoms with Crippen molar-refractivity contribution in [1.82, 2.24) is 14.6 Å². The first-order valence-corrected chi connectivity index (χ1v) is 11.3. The van der Waals surface area contributed by atoms with Crippen LogP contribution >= 0.6 is 22.7 Å². The van der Waals surface area contributed by atoms with Crippen LogP contribution in [0.5, 0.6) is 0 Å². The summed E-state index contributed by atoms with van der Waals surface area (Å²) in [5.74, 6) is 0.295. The average Bonchev–Trinajstić information content (AvgIpc) is 3.51. The molecule has 6 nitrogen and oxygen atoms in total. The van der Waals surface area contributed by atoms with Crippen LogP contribution in [0.4, 0.5) is 0 Å². The highest BCUT2D eigenvalue weighted by Crippen LogP contribution is 2.36. The average molecular weight is 435 g/mol. The molecule has 5 rings (SSSR count). The Morgan fingerprint density at radius 3 is 2.67 bits per heavy atom. The Morgan fingerprint density at radius 2 is 1.90 bits per heavy atom. The first-order chi connectivity index (χ1) is 14.6. The van der Waals surface area contributed by atoms with E-state index in [1.54, 1.807) is 52.8 Å². The van der Waals surface area contributed by atoms with Crippen LogP contribution in [0.15, 0.2) is 69.2 Å². The second-order valence-electron chi connectivity index (χ2n) is 7.07. The van der Waals surface area contributed by atoms with Gasteiger partial charge in [-0.15, -0.1) is 22.7 Å². The van der Waals surface area contributed by atoms with E-state index in [0.717, 1.165) is 15.5 Å². The standard InChI is InChI=1S/C22H18N4O2S2/c1-14-23-16-7-3-2-6-15(16)22(28)25(14)13-21(27)26-18(20-9-5-11-30-20)12-17(24-26)19-8-4-10-29-19/h2-11,18H,12-13H2,1H3. The quantitative estimate of drug-likeness (QED) is 0.483. The van der Waals surface area contributed by atoms with Gasteiger partial charge in [-0.25, -0.2) is 9.99 Å². The Morgan fingerprint density at radius 1 is 1.10 bits per heavy atom. The molecule has 0 bridgehead atoms. The van der Waals surface area contributed by atoms with Crippen LogP contribution in [-0.4, -0.2) is 26.2 Å². The van der Waals surface area contributed by atoms with Gasteiger partial charge in [0.2, 0.25) is 0 Å². The van der Waals surface area contributed by atoms with E-state index in [1.165, 1.54) is 4.57 Å². The van der Waals surface area contributed by atoms with Crippen molar-refractivity contribution in [3.63, 3.8) is 0 Å². The van der Waals surface area contributed by atoms with Crippen molar-refractivity contribution in [3.8, 4) is 0 Å². The van der Waals surface area contributed by atoms with Gasteiger partial charge >= 0.3 is 0 Å². The third-order valence-corrected chi connectivity index (χ3v) is 7.08. The first kappa shape index (κ1) is 18.9. The second kappa shape index (κ2) is 7.62. The molecule has 30 heavy (non-hydrogen) atoms. The van der Waals surface area contributed by atoms with Crippen molar-refractivity contribution in [3.05, 3.63) is 85.2 Å². The van der Waals surface area contributed by atoms with Crippen molar-refractivity contribution in [2.75, 3.05) is 0 Å². The highest BCUT2D eigenvalue weighted by molar-refractivity contribution is 7.12. The topological polar surface area (TPSA) is 67.6 Å². The number of thiophene rings is 2. The van der Waals surface area contributed by atoms with Gasteiger partial charge in [0.15, 0.2) is 0 Å². The number of carbonyl (C=O) groups is 1. The predicted molar refractivity (Wildman–Crippen MR) is 120 cm³/mol. The Labute approximate surface area is 180 Å². The fourth-order valence-electron chi connectivity index (χ4n) is 3.71. The minimum Gasteiger partial charge on any atom is -0.287 e. The van der Waals surface area contributed by atoms with Crippen LogP contribution in [0.2, 0.25) is 0 Å². The van der Waals surface area contributed by atoms with Gasteiger partial charge in [-0.1, -0.05) is 24.3 Å². The summed E-state index contributed by atoms with van der Waals surface area (Å²) < 4.78 is 1.44. The molecule has 8 heteroatoms. The summed E-state index contributed by atoms with van der Waals surface area (Å²) in [5, 5.41) is 10.7. The van der Waals surface area contributed by atoms with Gasteiger partial charge in [0.1, 0.15) is 12.4 Å². The summed E-state index contributed by atoms with van der Waals surface area (Å²) in [5.41, 5.74) is 1.33. The van der Waals surface area contributed by atoms with Gasteiger partial charge in [-0.05, 0) is 41.9 Å². The van der Waals surface area contributed by atoms with E-state index in [-0.39, 0.29) is 24.1 Å². The molecule has 1 amide bonds. The molecule has 0 saturated heterocycles. The molecular formula is C22H18N4O2S2. The number of aromatic nitrogens is 2. The lowest BCUT2D eigenvalue weighted by Crippen LogP contribution is -2.35. The molecule has 0 spiro atoms. The van der Waals surface area contributed by atoms with Gasteiger partial charge in [-0.3, -0.25) is 14.2 Å². The van der Waals surface area contributed by atoms with Crippen LogP contribution in [0.3, 0.4) is 0 Å². The largest absolute Gasteiger partial charge is 0.287 e. The highest BCUT2D eigenvalue weighted by Gasteiger charge is 2.34. The monoisotopic (exact) mass is 434 g/mol. The number of fused-ring (bicyclic) bond motifs is 1. The zero-order valence-corrected chi connectivity index (χ0v) is 17.8. The Hall–Kier alpha value is -3.10. The fourth-order valence-corrected chi connectivity index (χ4v) is 5.24. The number of benzene rings is 1. The van der Waals surface area contributed by atoms with Crippen LogP contribution in [-0.2, 0) is 11.3 Å². The number of hydrogen-bond acceptors (Lipinski definition) is 6. The van der Waals surface area contributed by atoms with Crippen LogP contribution < -0.4 is 5.56 Å². The lowest BCUT2D eigenvalue weighted by atomic mass is 10.1. The molecule has 3 aromatic heterocycles. The van der Waals surface area contributed by atoms with Crippen molar-refractivity contribution in [2.45, 2.75) is 25.9 Å². The highest BCUT2D eigenvalue weighted by atomic mass is 32.1. The van der Waals surface area contributed by atoms with Crippen LogP contribution in [0.25, 0.3) is 10.9 Å². The summed E-state index contributed by atoms with van der Waals surface area (Å²) in [4.78, 5) is 32.9. The van der Waals surface area contributed by atoms with Gasteiger partial charge in [0.05, 0.1) is 27.5 Å². The van der Waals surface area contributed by atoms with E-state index in [9.17, 15) is 9.59 Å². The molecule has 4 heterocycles. The Bertz CT molecular complexity index is 1310.